The number of halogens is 3. The fourth-order valence-corrected chi connectivity index (χ4v) is 12.3. The van der Waals surface area contributed by atoms with Crippen LogP contribution in [0.5, 0.6) is 5.75 Å². The van der Waals surface area contributed by atoms with Gasteiger partial charge >= 0.3 is 6.36 Å². The molecule has 0 bridgehead atoms. The van der Waals surface area contributed by atoms with Crippen molar-refractivity contribution in [1.29, 1.82) is 0 Å². The van der Waals surface area contributed by atoms with Gasteiger partial charge in [-0.3, -0.25) is 29.5 Å². The van der Waals surface area contributed by atoms with Crippen LogP contribution in [0, 0.1) is 24.2 Å². The predicted molar refractivity (Wildman–Crippen MR) is 339 cm³/mol. The Balaban J connectivity index is 0.653. The Bertz CT molecular complexity index is 3950. The second-order valence-electron chi connectivity index (χ2n) is 23.9. The smallest absolute Gasteiger partial charge is 0.406 e. The molecule has 4 aromatic carbocycles. The molecular formula is C68H72F3N11O7S. The molecule has 1 saturated heterocycles. The molecule has 5 atom stereocenters. The number of benzene rings is 4. The Morgan fingerprint density at radius 1 is 0.878 bits per heavy atom. The van der Waals surface area contributed by atoms with E-state index in [0.717, 1.165) is 55.2 Å². The van der Waals surface area contributed by atoms with E-state index < -0.39 is 42.1 Å². The van der Waals surface area contributed by atoms with E-state index >= 15 is 0 Å². The first kappa shape index (κ1) is 64.0. The monoisotopic (exact) mass is 1240 g/mol. The van der Waals surface area contributed by atoms with Crippen LogP contribution in [0.4, 0.5) is 24.7 Å². The Morgan fingerprint density at radius 2 is 1.63 bits per heavy atom. The van der Waals surface area contributed by atoms with E-state index in [4.69, 9.17) is 5.73 Å². The number of anilines is 2. The van der Waals surface area contributed by atoms with E-state index in [-0.39, 0.29) is 55.3 Å². The van der Waals surface area contributed by atoms with Gasteiger partial charge in [-0.05, 0) is 140 Å². The summed E-state index contributed by atoms with van der Waals surface area (Å²) in [6, 6.07) is 28.4. The van der Waals surface area contributed by atoms with Crippen LogP contribution in [0.2, 0.25) is 0 Å². The maximum absolute atomic E-state index is 14.2. The highest BCUT2D eigenvalue weighted by Crippen LogP contribution is 2.38. The maximum atomic E-state index is 14.2. The molecule has 2 aliphatic heterocycles. The summed E-state index contributed by atoms with van der Waals surface area (Å²) in [6.07, 6.45) is 1.37. The standard InChI is InChI=1S/C68H72F3N11O7S/c1-41(47-18-20-48(21-19-47)61-42(2)77-40-90-61)78-65(87)56-35-52(83)37-82(56)66(88)62(67(3,4)5)79-58(85)27-24-51-23-16-45(36-74-51)15-14-43-10-12-44(13-11-43)17-26-57(84)73-29-7-30-80-38-54(60-63(72)75-39-76-64(60)80)49-22-25-55-50(34-49)28-31-81(55)59(86)33-46-8-6-9-53(32-46)89-68(69,70)71/h6,8-13,16,18-23,25,32,34,36,38-41,52,56-57,62,73,83-84H,7,17,24,26-31,33,35,37H2,1-5H3,(H,78,87)(H,79,85)(H2,72,75,76)/t41-,52+,56-,57?,62+/m0/s1. The number of carbonyl (C=O) groups excluding carboxylic acids is 4. The van der Waals surface area contributed by atoms with E-state index in [0.29, 0.717) is 85.4 Å². The van der Waals surface area contributed by atoms with Gasteiger partial charge in [-0.2, -0.15) is 0 Å². The van der Waals surface area contributed by atoms with Gasteiger partial charge in [0.05, 0.1) is 40.0 Å². The third kappa shape index (κ3) is 15.9. The van der Waals surface area contributed by atoms with E-state index in [2.05, 4.69) is 52.5 Å². The number of fused-ring (bicyclic) bond motifs is 2. The molecule has 1 fully saturated rings. The molecule has 468 valence electrons. The van der Waals surface area contributed by atoms with Crippen molar-refractivity contribution in [1.82, 2.24) is 45.4 Å². The molecule has 8 aromatic rings. The van der Waals surface area contributed by atoms with Crippen LogP contribution in [0.3, 0.4) is 0 Å². The zero-order valence-electron chi connectivity index (χ0n) is 50.7. The van der Waals surface area contributed by atoms with Crippen molar-refractivity contribution in [2.24, 2.45) is 5.41 Å². The molecule has 0 aliphatic carbocycles. The highest BCUT2D eigenvalue weighted by atomic mass is 32.1. The van der Waals surface area contributed by atoms with Gasteiger partial charge in [0, 0.05) is 72.9 Å². The quantitative estimate of drug-likeness (QED) is 0.0224. The number of hydrogen-bond acceptors (Lipinski definition) is 14. The summed E-state index contributed by atoms with van der Waals surface area (Å²) >= 11 is 1.57. The summed E-state index contributed by atoms with van der Waals surface area (Å²) in [5.74, 6) is 4.89. The molecule has 1 unspecified atom stereocenters. The van der Waals surface area contributed by atoms with Gasteiger partial charge in [0.25, 0.3) is 0 Å². The van der Waals surface area contributed by atoms with Crippen molar-refractivity contribution in [3.63, 3.8) is 0 Å². The number of carbonyl (C=O) groups is 4. The van der Waals surface area contributed by atoms with Crippen LogP contribution in [0.1, 0.15) is 104 Å². The molecule has 6 heterocycles. The fraction of sp³-hybridized carbons (Fsp3) is 0.353. The number of aliphatic hydroxyl groups is 2. The van der Waals surface area contributed by atoms with Gasteiger partial charge in [-0.15, -0.1) is 24.5 Å². The topological polar surface area (TPSA) is 243 Å². The molecule has 2 aliphatic rings. The highest BCUT2D eigenvalue weighted by molar-refractivity contribution is 7.13. The van der Waals surface area contributed by atoms with Crippen molar-refractivity contribution in [2.45, 2.75) is 129 Å². The minimum atomic E-state index is -4.84. The number of aromatic nitrogens is 5. The predicted octanol–water partition coefficient (Wildman–Crippen LogP) is 9.17. The molecule has 4 aromatic heterocycles. The number of aryl methyl sites for hydroxylation is 4. The van der Waals surface area contributed by atoms with E-state index in [1.165, 1.54) is 29.4 Å². The van der Waals surface area contributed by atoms with Crippen LogP contribution in [0.25, 0.3) is 32.6 Å². The first-order chi connectivity index (χ1) is 43.0. The number of hydrogen-bond donors (Lipinski definition) is 6. The van der Waals surface area contributed by atoms with Gasteiger partial charge in [-0.25, -0.2) is 15.0 Å². The lowest BCUT2D eigenvalue weighted by atomic mass is 9.85. The number of likely N-dealkylation sites (tertiary alicyclic amines) is 1. The van der Waals surface area contributed by atoms with Crippen LogP contribution in [-0.2, 0) is 51.4 Å². The number of β-amino-alcohol motifs (C(OH)–C–C–N with tert-alkyl or cyclic N) is 1. The van der Waals surface area contributed by atoms with Crippen molar-refractivity contribution in [2.75, 3.05) is 30.3 Å². The molecule has 90 heavy (non-hydrogen) atoms. The summed E-state index contributed by atoms with van der Waals surface area (Å²) in [6.45, 7) is 10.9. The number of nitrogens with two attached hydrogens (primary N) is 1. The number of thiazole rings is 1. The van der Waals surface area contributed by atoms with Crippen molar-refractivity contribution in [3.05, 3.63) is 172 Å². The van der Waals surface area contributed by atoms with Gasteiger partial charge in [-0.1, -0.05) is 87.2 Å². The second-order valence-corrected chi connectivity index (χ2v) is 24.8. The first-order valence-corrected chi connectivity index (χ1v) is 30.8. The Kier molecular flexibility index (Phi) is 19.8. The number of nitrogens with zero attached hydrogens (tertiary/aromatic N) is 7. The molecular weight excluding hydrogens is 1170 g/mol. The molecule has 0 spiro atoms. The van der Waals surface area contributed by atoms with Crippen molar-refractivity contribution < 1.29 is 47.3 Å². The number of amides is 4. The molecule has 7 N–H and O–H groups in total. The highest BCUT2D eigenvalue weighted by Gasteiger charge is 2.45. The number of aliphatic hydroxyl groups excluding tert-OH is 2. The molecule has 4 amide bonds. The number of ether oxygens (including phenoxy) is 1. The van der Waals surface area contributed by atoms with Gasteiger partial charge in [0.1, 0.15) is 41.9 Å². The average molecular weight is 1240 g/mol. The van der Waals surface area contributed by atoms with Crippen LogP contribution >= 0.6 is 11.3 Å². The Morgan fingerprint density at radius 3 is 2.36 bits per heavy atom. The van der Waals surface area contributed by atoms with Gasteiger partial charge in [0.15, 0.2) is 0 Å². The second kappa shape index (κ2) is 27.8. The summed E-state index contributed by atoms with van der Waals surface area (Å²) in [4.78, 5) is 76.7. The van der Waals surface area contributed by atoms with Crippen molar-refractivity contribution in [3.8, 4) is 39.2 Å². The van der Waals surface area contributed by atoms with Crippen molar-refractivity contribution >= 4 is 57.5 Å². The Hall–Kier alpha value is -9.01. The number of alkyl halides is 3. The van der Waals surface area contributed by atoms with Crippen LogP contribution in [-0.4, -0.2) is 114 Å². The number of nitrogen functional groups attached to an aromatic ring is 1. The minimum Gasteiger partial charge on any atom is -0.406 e. The third-order valence-electron chi connectivity index (χ3n) is 16.2. The summed E-state index contributed by atoms with van der Waals surface area (Å²) in [7, 11) is 0. The zero-order valence-corrected chi connectivity index (χ0v) is 51.5. The third-order valence-corrected chi connectivity index (χ3v) is 17.2. The average Bonchev–Trinajstić information content (AvgIpc) is 1.91. The molecule has 18 nitrogen and oxygen atoms in total. The van der Waals surface area contributed by atoms with E-state index in [9.17, 15) is 42.6 Å². The van der Waals surface area contributed by atoms with Crippen LogP contribution in [0.15, 0.2) is 127 Å². The maximum Gasteiger partial charge on any atom is 0.573 e. The first-order valence-electron chi connectivity index (χ1n) is 30.0. The van der Waals surface area contributed by atoms with Crippen LogP contribution < -0.4 is 31.3 Å². The summed E-state index contributed by atoms with van der Waals surface area (Å²) in [5.41, 5.74) is 18.1. The van der Waals surface area contributed by atoms with Gasteiger partial charge < -0.3 is 45.7 Å². The SMILES string of the molecule is Cc1ncsc1-c1ccc([C@H](C)NC(=O)[C@@H]2C[C@@H](O)CN2C(=O)[C@@H](NC(=O)CCc2ccc(C#Cc3ccc(CCC(O)NCCCn4cc(-c5ccc6c(c5)CCN6C(=O)Cc5cccc(OC(F)(F)F)c5)c5c(N)ncnc54)cc3)cn2)C(C)(C)C)cc1. The summed E-state index contributed by atoms with van der Waals surface area (Å²) < 4.78 is 44.5. The van der Waals surface area contributed by atoms with E-state index in [1.807, 2.05) is 130 Å². The van der Waals surface area contributed by atoms with Gasteiger partial charge in [0.2, 0.25) is 23.6 Å². The number of nitrogens with one attached hydrogen (secondary N) is 3. The number of pyridine rings is 1. The minimum absolute atomic E-state index is 0.0269. The number of rotatable bonds is 21. The molecule has 22 heteroatoms. The Labute approximate surface area is 524 Å². The lowest BCUT2D eigenvalue weighted by Crippen LogP contribution is -2.57. The largest absolute Gasteiger partial charge is 0.573 e. The lowest BCUT2D eigenvalue weighted by molar-refractivity contribution is -0.274. The molecule has 10 rings (SSSR count). The normalized spacial score (nSPS) is 15.8. The summed E-state index contributed by atoms with van der Waals surface area (Å²) in [5, 5.41) is 31.5. The molecule has 0 radical (unpaired) electrons. The fourth-order valence-electron chi connectivity index (χ4n) is 11.4. The zero-order chi connectivity index (χ0) is 63.9. The molecule has 0 saturated carbocycles. The lowest BCUT2D eigenvalue weighted by Gasteiger charge is -2.35. The van der Waals surface area contributed by atoms with E-state index in [1.54, 1.807) is 28.5 Å².